The summed E-state index contributed by atoms with van der Waals surface area (Å²) in [7, 11) is 0. The van der Waals surface area contributed by atoms with Crippen LogP contribution in [0.3, 0.4) is 0 Å². The molecule has 0 amide bonds. The van der Waals surface area contributed by atoms with Crippen LogP contribution in [-0.4, -0.2) is 11.7 Å². The summed E-state index contributed by atoms with van der Waals surface area (Å²) in [6, 6.07) is 4.49. The van der Waals surface area contributed by atoms with Crippen molar-refractivity contribution >= 4 is 0 Å². The van der Waals surface area contributed by atoms with Gasteiger partial charge >= 0.3 is 6.61 Å². The van der Waals surface area contributed by atoms with Gasteiger partial charge in [0, 0.05) is 0 Å². The van der Waals surface area contributed by atoms with Gasteiger partial charge in [0.15, 0.2) is 11.5 Å². The van der Waals surface area contributed by atoms with Crippen LogP contribution in [0.15, 0.2) is 18.2 Å². The Morgan fingerprint density at radius 2 is 2.00 bits per heavy atom. The number of aromatic hydroxyl groups is 1. The van der Waals surface area contributed by atoms with E-state index in [1.165, 1.54) is 12.1 Å². The second-order valence-electron chi connectivity index (χ2n) is 3.78. The lowest BCUT2D eigenvalue weighted by Gasteiger charge is -2.09. The Kier molecular flexibility index (Phi) is 3.88. The topological polar surface area (TPSA) is 29.5 Å². The standard InChI is InChI=1S/C11H14F2O2/c1-7(2)5-8-3-4-10(9(14)6-8)15-11(12)13/h3-4,6-7,11,14H,5H2,1-2H3. The fourth-order valence-corrected chi connectivity index (χ4v) is 1.36. The van der Waals surface area contributed by atoms with Crippen LogP contribution in [0.4, 0.5) is 8.78 Å². The molecule has 1 N–H and O–H groups in total. The molecule has 0 aromatic heterocycles. The molecule has 0 radical (unpaired) electrons. The van der Waals surface area contributed by atoms with E-state index >= 15 is 0 Å². The first-order chi connectivity index (χ1) is 6.99. The van der Waals surface area contributed by atoms with Crippen LogP contribution < -0.4 is 4.74 Å². The first kappa shape index (κ1) is 11.8. The quantitative estimate of drug-likeness (QED) is 0.837. The highest BCUT2D eigenvalue weighted by Gasteiger charge is 2.09. The third-order valence-corrected chi connectivity index (χ3v) is 1.88. The van der Waals surface area contributed by atoms with Gasteiger partial charge in [-0.05, 0) is 30.0 Å². The van der Waals surface area contributed by atoms with Gasteiger partial charge in [0.25, 0.3) is 0 Å². The molecular formula is C11H14F2O2. The van der Waals surface area contributed by atoms with Crippen LogP contribution in [0.1, 0.15) is 19.4 Å². The predicted molar refractivity (Wildman–Crippen MR) is 53.3 cm³/mol. The maximum Gasteiger partial charge on any atom is 0.387 e. The van der Waals surface area contributed by atoms with Crippen LogP contribution >= 0.6 is 0 Å². The van der Waals surface area contributed by atoms with E-state index < -0.39 is 6.61 Å². The number of rotatable bonds is 4. The van der Waals surface area contributed by atoms with E-state index in [0.29, 0.717) is 5.92 Å². The Hall–Kier alpha value is -1.32. The fourth-order valence-electron chi connectivity index (χ4n) is 1.36. The molecule has 1 rings (SSSR count). The summed E-state index contributed by atoms with van der Waals surface area (Å²) in [5.74, 6) is 0.0252. The van der Waals surface area contributed by atoms with Crippen molar-refractivity contribution in [2.75, 3.05) is 0 Å². The minimum Gasteiger partial charge on any atom is -0.504 e. The van der Waals surface area contributed by atoms with Gasteiger partial charge < -0.3 is 9.84 Å². The molecule has 0 bridgehead atoms. The average molecular weight is 216 g/mol. The first-order valence-electron chi connectivity index (χ1n) is 4.75. The van der Waals surface area contributed by atoms with E-state index in [-0.39, 0.29) is 11.5 Å². The Labute approximate surface area is 87.5 Å². The summed E-state index contributed by atoms with van der Waals surface area (Å²) in [6.07, 6.45) is 0.794. The van der Waals surface area contributed by atoms with E-state index in [1.807, 2.05) is 13.8 Å². The van der Waals surface area contributed by atoms with Crippen molar-refractivity contribution in [3.63, 3.8) is 0 Å². The van der Waals surface area contributed by atoms with Crippen LogP contribution in [0.2, 0.25) is 0 Å². The zero-order valence-electron chi connectivity index (χ0n) is 8.71. The first-order valence-corrected chi connectivity index (χ1v) is 4.75. The largest absolute Gasteiger partial charge is 0.504 e. The lowest BCUT2D eigenvalue weighted by atomic mass is 10.0. The number of hydrogen-bond acceptors (Lipinski definition) is 2. The van der Waals surface area contributed by atoms with Crippen molar-refractivity contribution in [2.24, 2.45) is 5.92 Å². The molecule has 0 spiro atoms. The van der Waals surface area contributed by atoms with Gasteiger partial charge in [0.1, 0.15) is 0 Å². The molecule has 0 aliphatic heterocycles. The number of alkyl halides is 2. The summed E-state index contributed by atoms with van der Waals surface area (Å²) in [4.78, 5) is 0. The number of phenolic OH excluding ortho intramolecular Hbond substituents is 1. The van der Waals surface area contributed by atoms with Crippen molar-refractivity contribution in [1.82, 2.24) is 0 Å². The van der Waals surface area contributed by atoms with Gasteiger partial charge in [0.05, 0.1) is 0 Å². The van der Waals surface area contributed by atoms with Gasteiger partial charge in [-0.3, -0.25) is 0 Å². The molecule has 2 nitrogen and oxygen atoms in total. The molecule has 0 atom stereocenters. The second kappa shape index (κ2) is 4.96. The smallest absolute Gasteiger partial charge is 0.387 e. The molecule has 0 saturated heterocycles. The zero-order valence-corrected chi connectivity index (χ0v) is 8.71. The van der Waals surface area contributed by atoms with E-state index in [2.05, 4.69) is 4.74 Å². The summed E-state index contributed by atoms with van der Waals surface area (Å²) < 4.78 is 27.9. The number of phenols is 1. The highest BCUT2D eigenvalue weighted by atomic mass is 19.3. The molecular weight excluding hydrogens is 202 g/mol. The van der Waals surface area contributed by atoms with Crippen molar-refractivity contribution in [1.29, 1.82) is 0 Å². The molecule has 0 unspecified atom stereocenters. The minimum atomic E-state index is -2.91. The van der Waals surface area contributed by atoms with E-state index in [9.17, 15) is 13.9 Å². The second-order valence-corrected chi connectivity index (χ2v) is 3.78. The van der Waals surface area contributed by atoms with Gasteiger partial charge in [-0.2, -0.15) is 8.78 Å². The number of hydrogen-bond donors (Lipinski definition) is 1. The third kappa shape index (κ3) is 3.73. The zero-order chi connectivity index (χ0) is 11.4. The molecule has 0 fully saturated rings. The van der Waals surface area contributed by atoms with Gasteiger partial charge in [0.2, 0.25) is 0 Å². The van der Waals surface area contributed by atoms with Gasteiger partial charge in [-0.25, -0.2) is 0 Å². The van der Waals surface area contributed by atoms with Crippen molar-refractivity contribution in [3.8, 4) is 11.5 Å². The van der Waals surface area contributed by atoms with Crippen LogP contribution in [0.25, 0.3) is 0 Å². The van der Waals surface area contributed by atoms with Crippen molar-refractivity contribution in [2.45, 2.75) is 26.9 Å². The SMILES string of the molecule is CC(C)Cc1ccc(OC(F)F)c(O)c1. The molecule has 0 saturated carbocycles. The highest BCUT2D eigenvalue weighted by Crippen LogP contribution is 2.28. The lowest BCUT2D eigenvalue weighted by Crippen LogP contribution is -2.02. The van der Waals surface area contributed by atoms with Crippen LogP contribution in [0, 0.1) is 5.92 Å². The molecule has 1 aromatic rings. The number of halogens is 2. The molecule has 0 aliphatic rings. The average Bonchev–Trinajstić information content (AvgIpc) is 2.08. The highest BCUT2D eigenvalue weighted by molar-refractivity contribution is 5.41. The summed E-state index contributed by atoms with van der Waals surface area (Å²) in [6.45, 7) is 1.17. The maximum absolute atomic E-state index is 11.9. The predicted octanol–water partition coefficient (Wildman–Crippen LogP) is 3.19. The molecule has 84 valence electrons. The Morgan fingerprint density at radius 1 is 1.33 bits per heavy atom. The fraction of sp³-hybridized carbons (Fsp3) is 0.455. The van der Waals surface area contributed by atoms with Crippen molar-refractivity contribution in [3.05, 3.63) is 23.8 Å². The van der Waals surface area contributed by atoms with Gasteiger partial charge in [-0.1, -0.05) is 19.9 Å². The normalized spacial score (nSPS) is 11.1. The maximum atomic E-state index is 11.9. The molecule has 4 heteroatoms. The van der Waals surface area contributed by atoms with Crippen LogP contribution in [0.5, 0.6) is 11.5 Å². The van der Waals surface area contributed by atoms with E-state index in [1.54, 1.807) is 6.07 Å². The summed E-state index contributed by atoms with van der Waals surface area (Å²) in [5, 5.41) is 9.39. The molecule has 0 aliphatic carbocycles. The summed E-state index contributed by atoms with van der Waals surface area (Å²) in [5.41, 5.74) is 0.907. The Morgan fingerprint density at radius 3 is 2.47 bits per heavy atom. The van der Waals surface area contributed by atoms with E-state index in [0.717, 1.165) is 12.0 Å². The van der Waals surface area contributed by atoms with Gasteiger partial charge in [-0.15, -0.1) is 0 Å². The summed E-state index contributed by atoms with van der Waals surface area (Å²) >= 11 is 0. The number of benzene rings is 1. The molecule has 0 heterocycles. The lowest BCUT2D eigenvalue weighted by molar-refractivity contribution is -0.0512. The van der Waals surface area contributed by atoms with E-state index in [4.69, 9.17) is 0 Å². The third-order valence-electron chi connectivity index (χ3n) is 1.88. The molecule has 15 heavy (non-hydrogen) atoms. The number of ether oxygens (including phenoxy) is 1. The Bertz CT molecular complexity index is 324. The van der Waals surface area contributed by atoms with Crippen LogP contribution in [-0.2, 0) is 6.42 Å². The monoisotopic (exact) mass is 216 g/mol. The van der Waals surface area contributed by atoms with Crippen molar-refractivity contribution < 1.29 is 18.6 Å². The minimum absolute atomic E-state index is 0.183. The molecule has 1 aromatic carbocycles. The Balaban J connectivity index is 2.78.